The Morgan fingerprint density at radius 3 is 2.00 bits per heavy atom. The number of halogens is 2. The van der Waals surface area contributed by atoms with E-state index in [1.54, 1.807) is 0 Å². The third kappa shape index (κ3) is 4.41. The van der Waals surface area contributed by atoms with E-state index in [9.17, 15) is 0 Å². The standard InChI is InChI=1S/C29H32Cl2OSi/c1-6-13-32-28-20(5)14-19(4)15-21(28)18-33(7-2,8-3)29-26-16-22(30)9-11-24(26)25-12-10-23(31)17-27(25)29/h6,9-12,14-17,29H,1,7-8,13,18H2,2-5H3. The van der Waals surface area contributed by atoms with Gasteiger partial charge in [0.2, 0.25) is 0 Å². The van der Waals surface area contributed by atoms with Crippen LogP contribution in [-0.4, -0.2) is 14.7 Å². The Morgan fingerprint density at radius 1 is 0.909 bits per heavy atom. The van der Waals surface area contributed by atoms with E-state index in [0.29, 0.717) is 12.1 Å². The predicted molar refractivity (Wildman–Crippen MR) is 146 cm³/mol. The van der Waals surface area contributed by atoms with E-state index in [1.807, 2.05) is 18.2 Å². The summed E-state index contributed by atoms with van der Waals surface area (Å²) in [5, 5.41) is 1.60. The second-order valence-electron chi connectivity index (χ2n) is 9.31. The van der Waals surface area contributed by atoms with Gasteiger partial charge in [-0.05, 0) is 77.5 Å². The fraction of sp³-hybridized carbons (Fsp3) is 0.310. The van der Waals surface area contributed by atoms with Crippen LogP contribution in [0.25, 0.3) is 11.1 Å². The quantitative estimate of drug-likeness (QED) is 0.224. The highest BCUT2D eigenvalue weighted by atomic mass is 35.5. The van der Waals surface area contributed by atoms with Crippen molar-refractivity contribution in [3.63, 3.8) is 0 Å². The fourth-order valence-corrected chi connectivity index (χ4v) is 11.0. The maximum atomic E-state index is 6.54. The third-order valence-corrected chi connectivity index (χ3v) is 13.6. The van der Waals surface area contributed by atoms with Gasteiger partial charge in [-0.1, -0.05) is 91.6 Å². The van der Waals surface area contributed by atoms with Gasteiger partial charge in [-0.3, -0.25) is 0 Å². The van der Waals surface area contributed by atoms with Crippen molar-refractivity contribution in [3.05, 3.63) is 99.0 Å². The van der Waals surface area contributed by atoms with Crippen molar-refractivity contribution < 1.29 is 4.74 Å². The normalized spacial score (nSPS) is 13.0. The molecule has 4 heteroatoms. The first-order chi connectivity index (χ1) is 15.8. The van der Waals surface area contributed by atoms with Gasteiger partial charge >= 0.3 is 0 Å². The Labute approximate surface area is 209 Å². The molecule has 0 bridgehead atoms. The second-order valence-corrected chi connectivity index (χ2v) is 15.3. The van der Waals surface area contributed by atoms with Crippen LogP contribution in [-0.2, 0) is 6.04 Å². The van der Waals surface area contributed by atoms with Crippen molar-refractivity contribution in [2.75, 3.05) is 6.61 Å². The molecule has 33 heavy (non-hydrogen) atoms. The minimum atomic E-state index is -1.94. The third-order valence-electron chi connectivity index (χ3n) is 7.34. The summed E-state index contributed by atoms with van der Waals surface area (Å²) in [6, 6.07) is 20.7. The monoisotopic (exact) mass is 494 g/mol. The average molecular weight is 496 g/mol. The van der Waals surface area contributed by atoms with Gasteiger partial charge in [0.1, 0.15) is 12.4 Å². The molecule has 1 aliphatic carbocycles. The Kier molecular flexibility index (Phi) is 7.09. The first-order valence-corrected chi connectivity index (χ1v) is 15.2. The lowest BCUT2D eigenvalue weighted by Gasteiger charge is -2.38. The Bertz CT molecular complexity index is 1140. The molecule has 1 nitrogen and oxygen atoms in total. The molecule has 0 amide bonds. The molecule has 0 saturated carbocycles. The molecular weight excluding hydrogens is 463 g/mol. The number of benzene rings is 3. The summed E-state index contributed by atoms with van der Waals surface area (Å²) in [5.74, 6) is 1.02. The summed E-state index contributed by atoms with van der Waals surface area (Å²) in [6.45, 7) is 13.4. The summed E-state index contributed by atoms with van der Waals surface area (Å²) in [7, 11) is -1.94. The van der Waals surface area contributed by atoms with E-state index < -0.39 is 8.07 Å². The van der Waals surface area contributed by atoms with Crippen molar-refractivity contribution in [1.29, 1.82) is 0 Å². The molecular formula is C29H32Cl2OSi. The molecule has 0 saturated heterocycles. The van der Waals surface area contributed by atoms with Gasteiger partial charge in [0.15, 0.2) is 0 Å². The predicted octanol–water partition coefficient (Wildman–Crippen LogP) is 9.10. The summed E-state index contributed by atoms with van der Waals surface area (Å²) >= 11 is 13.1. The van der Waals surface area contributed by atoms with Gasteiger partial charge in [0.05, 0.1) is 8.07 Å². The lowest BCUT2D eigenvalue weighted by molar-refractivity contribution is 0.357. The molecule has 0 spiro atoms. The van der Waals surface area contributed by atoms with Crippen LogP contribution in [0.1, 0.15) is 47.2 Å². The number of fused-ring (bicyclic) bond motifs is 3. The van der Waals surface area contributed by atoms with Gasteiger partial charge in [0.25, 0.3) is 0 Å². The SMILES string of the molecule is C=CCOc1c(C)cc(C)cc1C[Si](CC)(CC)C1c2cc(Cl)ccc2-c2ccc(Cl)cc21. The van der Waals surface area contributed by atoms with Crippen LogP contribution in [0.15, 0.2) is 61.2 Å². The van der Waals surface area contributed by atoms with Crippen LogP contribution < -0.4 is 4.74 Å². The smallest absolute Gasteiger partial charge is 0.125 e. The number of hydrogen-bond donors (Lipinski definition) is 0. The van der Waals surface area contributed by atoms with Crippen molar-refractivity contribution in [2.24, 2.45) is 0 Å². The minimum absolute atomic E-state index is 0.350. The highest BCUT2D eigenvalue weighted by Crippen LogP contribution is 2.53. The maximum Gasteiger partial charge on any atom is 0.125 e. The van der Waals surface area contributed by atoms with Gasteiger partial charge in [0, 0.05) is 15.6 Å². The average Bonchev–Trinajstić information content (AvgIpc) is 3.09. The highest BCUT2D eigenvalue weighted by molar-refractivity contribution is 6.81. The topological polar surface area (TPSA) is 9.23 Å². The molecule has 1 aliphatic rings. The summed E-state index contributed by atoms with van der Waals surface area (Å²) < 4.78 is 6.21. The molecule has 4 rings (SSSR count). The van der Waals surface area contributed by atoms with E-state index in [4.69, 9.17) is 27.9 Å². The first kappa shape index (κ1) is 24.1. The Balaban J connectivity index is 1.90. The first-order valence-electron chi connectivity index (χ1n) is 11.8. The van der Waals surface area contributed by atoms with Crippen LogP contribution >= 0.6 is 23.2 Å². The molecule has 0 fully saturated rings. The molecule has 0 aliphatic heterocycles. The largest absolute Gasteiger partial charge is 0.489 e. The van der Waals surface area contributed by atoms with Crippen LogP contribution in [0.3, 0.4) is 0 Å². The van der Waals surface area contributed by atoms with Crippen LogP contribution in [0.5, 0.6) is 5.75 Å². The molecule has 0 atom stereocenters. The number of aryl methyl sites for hydroxylation is 2. The van der Waals surface area contributed by atoms with Crippen molar-refractivity contribution in [3.8, 4) is 16.9 Å². The molecule has 3 aromatic carbocycles. The second kappa shape index (κ2) is 9.70. The Morgan fingerprint density at radius 2 is 1.48 bits per heavy atom. The highest BCUT2D eigenvalue weighted by Gasteiger charge is 2.45. The van der Waals surface area contributed by atoms with Crippen LogP contribution in [0.4, 0.5) is 0 Å². The lowest BCUT2D eigenvalue weighted by atomic mass is 10.1. The molecule has 0 unspecified atom stereocenters. The zero-order chi connectivity index (χ0) is 23.8. The molecule has 3 aromatic rings. The molecule has 0 heterocycles. The molecule has 172 valence electrons. The number of hydrogen-bond acceptors (Lipinski definition) is 1. The Hall–Kier alpha value is -2.00. The fourth-order valence-electron chi connectivity index (χ4n) is 5.77. The minimum Gasteiger partial charge on any atom is -0.489 e. The van der Waals surface area contributed by atoms with Gasteiger partial charge in [-0.2, -0.15) is 0 Å². The van der Waals surface area contributed by atoms with E-state index in [1.165, 1.54) is 51.0 Å². The molecule has 0 N–H and O–H groups in total. The van der Waals surface area contributed by atoms with Crippen molar-refractivity contribution >= 4 is 31.3 Å². The van der Waals surface area contributed by atoms with Gasteiger partial charge < -0.3 is 4.74 Å². The van der Waals surface area contributed by atoms with Crippen LogP contribution in [0, 0.1) is 13.8 Å². The van der Waals surface area contributed by atoms with Crippen molar-refractivity contribution in [1.82, 2.24) is 0 Å². The molecule has 0 radical (unpaired) electrons. The van der Waals surface area contributed by atoms with E-state index in [0.717, 1.165) is 21.8 Å². The van der Waals surface area contributed by atoms with Gasteiger partial charge in [-0.15, -0.1) is 0 Å². The van der Waals surface area contributed by atoms with Crippen molar-refractivity contribution in [2.45, 2.75) is 51.4 Å². The van der Waals surface area contributed by atoms with Crippen LogP contribution in [0.2, 0.25) is 22.1 Å². The summed E-state index contributed by atoms with van der Waals surface area (Å²) in [5.41, 5.74) is 9.49. The zero-order valence-electron chi connectivity index (χ0n) is 20.0. The van der Waals surface area contributed by atoms with Gasteiger partial charge in [-0.25, -0.2) is 0 Å². The summed E-state index contributed by atoms with van der Waals surface area (Å²) in [4.78, 5) is 0. The summed E-state index contributed by atoms with van der Waals surface area (Å²) in [6.07, 6.45) is 1.82. The van der Waals surface area contributed by atoms with E-state index in [-0.39, 0.29) is 0 Å². The zero-order valence-corrected chi connectivity index (χ0v) is 22.5. The molecule has 0 aromatic heterocycles. The number of ether oxygens (including phenoxy) is 1. The van der Waals surface area contributed by atoms with E-state index >= 15 is 0 Å². The van der Waals surface area contributed by atoms with E-state index in [2.05, 4.69) is 70.7 Å². The maximum absolute atomic E-state index is 6.54. The number of rotatable bonds is 8. The lowest BCUT2D eigenvalue weighted by Crippen LogP contribution is -2.43.